The van der Waals surface area contributed by atoms with Crippen molar-refractivity contribution in [1.29, 1.82) is 0 Å². The first-order valence-electron chi connectivity index (χ1n) is 9.35. The van der Waals surface area contributed by atoms with E-state index in [1.54, 1.807) is 7.11 Å². The number of hydrogen-bond donors (Lipinski definition) is 0. The van der Waals surface area contributed by atoms with Crippen molar-refractivity contribution in [3.8, 4) is 5.75 Å². The molecule has 1 aromatic heterocycles. The molecule has 2 fully saturated rings. The van der Waals surface area contributed by atoms with Gasteiger partial charge in [-0.3, -0.25) is 4.90 Å². The fourth-order valence-corrected chi connectivity index (χ4v) is 3.81. The second kappa shape index (κ2) is 8.01. The first-order valence-corrected chi connectivity index (χ1v) is 9.35. The molecule has 0 spiro atoms. The average molecular weight is 354 g/mol. The van der Waals surface area contributed by atoms with E-state index in [0.29, 0.717) is 6.04 Å². The number of aromatic nitrogens is 2. The average Bonchev–Trinajstić information content (AvgIpc) is 3.17. The summed E-state index contributed by atoms with van der Waals surface area (Å²) in [4.78, 5) is 13.9. The standard InChI is InChI=1S/C20H26N4O2/c1-25-18-6-4-17(5-7-18)19-3-2-8-24(19)15-16-13-21-20(22-14-16)23-9-11-26-12-10-23/h4-7,13-14,19H,2-3,8-12,15H2,1H3/t19-/m0/s1. The van der Waals surface area contributed by atoms with E-state index in [-0.39, 0.29) is 0 Å². The van der Waals surface area contributed by atoms with Crippen LogP contribution < -0.4 is 9.64 Å². The minimum atomic E-state index is 0.458. The van der Waals surface area contributed by atoms with Gasteiger partial charge in [-0.2, -0.15) is 0 Å². The van der Waals surface area contributed by atoms with Crippen molar-refractivity contribution in [2.24, 2.45) is 0 Å². The van der Waals surface area contributed by atoms with Crippen LogP contribution in [0.15, 0.2) is 36.7 Å². The van der Waals surface area contributed by atoms with Gasteiger partial charge < -0.3 is 14.4 Å². The summed E-state index contributed by atoms with van der Waals surface area (Å²) < 4.78 is 10.7. The lowest BCUT2D eigenvalue weighted by molar-refractivity contribution is 0.122. The number of likely N-dealkylation sites (tertiary alicyclic amines) is 1. The van der Waals surface area contributed by atoms with Gasteiger partial charge in [0.25, 0.3) is 0 Å². The summed E-state index contributed by atoms with van der Waals surface area (Å²) in [5.41, 5.74) is 2.52. The van der Waals surface area contributed by atoms with Gasteiger partial charge in [0, 0.05) is 43.6 Å². The Balaban J connectivity index is 1.42. The fraction of sp³-hybridized carbons (Fsp3) is 0.500. The Kier molecular flexibility index (Phi) is 5.32. The van der Waals surface area contributed by atoms with Gasteiger partial charge in [0.15, 0.2) is 0 Å². The summed E-state index contributed by atoms with van der Waals surface area (Å²) in [5.74, 6) is 1.72. The Hall–Kier alpha value is -2.18. The summed E-state index contributed by atoms with van der Waals surface area (Å²) in [6.07, 6.45) is 6.37. The molecule has 0 amide bonds. The third-order valence-corrected chi connectivity index (χ3v) is 5.24. The molecule has 0 bridgehead atoms. The molecule has 0 aliphatic carbocycles. The number of hydrogen-bond acceptors (Lipinski definition) is 6. The molecule has 2 aliphatic heterocycles. The van der Waals surface area contributed by atoms with Crippen molar-refractivity contribution in [2.75, 3.05) is 44.9 Å². The predicted octanol–water partition coefficient (Wildman–Crippen LogP) is 2.66. The summed E-state index contributed by atoms with van der Waals surface area (Å²) in [6.45, 7) is 5.24. The third-order valence-electron chi connectivity index (χ3n) is 5.24. The lowest BCUT2D eigenvalue weighted by atomic mass is 10.0. The molecule has 0 unspecified atom stereocenters. The highest BCUT2D eigenvalue weighted by Gasteiger charge is 2.26. The van der Waals surface area contributed by atoms with Crippen LogP contribution in [0.2, 0.25) is 0 Å². The topological polar surface area (TPSA) is 50.7 Å². The molecule has 0 radical (unpaired) electrons. The number of methoxy groups -OCH3 is 1. The Morgan fingerprint density at radius 1 is 1.08 bits per heavy atom. The molecule has 4 rings (SSSR count). The lowest BCUT2D eigenvalue weighted by Crippen LogP contribution is -2.37. The van der Waals surface area contributed by atoms with E-state index in [1.165, 1.54) is 24.0 Å². The number of rotatable bonds is 5. The Morgan fingerprint density at radius 2 is 1.81 bits per heavy atom. The predicted molar refractivity (Wildman–Crippen MR) is 100 cm³/mol. The molecule has 26 heavy (non-hydrogen) atoms. The number of nitrogens with zero attached hydrogens (tertiary/aromatic N) is 4. The van der Waals surface area contributed by atoms with Gasteiger partial charge in [-0.05, 0) is 37.1 Å². The van der Waals surface area contributed by atoms with Crippen molar-refractivity contribution in [1.82, 2.24) is 14.9 Å². The zero-order valence-electron chi connectivity index (χ0n) is 15.3. The molecule has 1 aromatic carbocycles. The summed E-state index contributed by atoms with van der Waals surface area (Å²) in [6, 6.07) is 8.91. The van der Waals surface area contributed by atoms with E-state index in [1.807, 2.05) is 24.5 Å². The van der Waals surface area contributed by atoms with Gasteiger partial charge >= 0.3 is 0 Å². The van der Waals surface area contributed by atoms with Crippen LogP contribution in [0.25, 0.3) is 0 Å². The smallest absolute Gasteiger partial charge is 0.225 e. The Labute approximate surface area is 154 Å². The molecular weight excluding hydrogens is 328 g/mol. The third kappa shape index (κ3) is 3.81. The van der Waals surface area contributed by atoms with Crippen LogP contribution in [-0.4, -0.2) is 54.8 Å². The van der Waals surface area contributed by atoms with Gasteiger partial charge in [-0.15, -0.1) is 0 Å². The summed E-state index contributed by atoms with van der Waals surface area (Å²) in [5, 5.41) is 0. The van der Waals surface area contributed by atoms with Gasteiger partial charge in [0.1, 0.15) is 5.75 Å². The molecule has 138 valence electrons. The normalized spacial score (nSPS) is 21.1. The second-order valence-corrected chi connectivity index (χ2v) is 6.89. The van der Waals surface area contributed by atoms with Crippen LogP contribution in [0.5, 0.6) is 5.75 Å². The van der Waals surface area contributed by atoms with Gasteiger partial charge in [0.05, 0.1) is 20.3 Å². The second-order valence-electron chi connectivity index (χ2n) is 6.89. The highest BCUT2D eigenvalue weighted by atomic mass is 16.5. The number of anilines is 1. The van der Waals surface area contributed by atoms with Crippen LogP contribution in [0, 0.1) is 0 Å². The van der Waals surface area contributed by atoms with E-state index < -0.39 is 0 Å². The van der Waals surface area contributed by atoms with Crippen LogP contribution >= 0.6 is 0 Å². The van der Waals surface area contributed by atoms with E-state index in [4.69, 9.17) is 9.47 Å². The maximum Gasteiger partial charge on any atom is 0.225 e. The lowest BCUT2D eigenvalue weighted by Gasteiger charge is -2.27. The largest absolute Gasteiger partial charge is 0.497 e. The van der Waals surface area contributed by atoms with E-state index in [0.717, 1.165) is 51.1 Å². The van der Waals surface area contributed by atoms with Gasteiger partial charge in [-0.25, -0.2) is 9.97 Å². The van der Waals surface area contributed by atoms with Crippen LogP contribution in [0.4, 0.5) is 5.95 Å². The zero-order valence-corrected chi connectivity index (χ0v) is 15.3. The minimum Gasteiger partial charge on any atom is -0.497 e. The Bertz CT molecular complexity index is 699. The number of morpholine rings is 1. The van der Waals surface area contributed by atoms with Crippen LogP contribution in [0.1, 0.15) is 30.0 Å². The molecule has 6 heteroatoms. The molecule has 2 aromatic rings. The molecule has 0 saturated carbocycles. The van der Waals surface area contributed by atoms with Crippen LogP contribution in [-0.2, 0) is 11.3 Å². The van der Waals surface area contributed by atoms with E-state index in [9.17, 15) is 0 Å². The van der Waals surface area contributed by atoms with Crippen molar-refractivity contribution in [3.05, 3.63) is 47.8 Å². The molecule has 2 aliphatic rings. The SMILES string of the molecule is COc1ccc([C@@H]2CCCN2Cc2cnc(N3CCOCC3)nc2)cc1. The van der Waals surface area contributed by atoms with Crippen molar-refractivity contribution >= 4 is 5.95 Å². The van der Waals surface area contributed by atoms with E-state index >= 15 is 0 Å². The Morgan fingerprint density at radius 3 is 2.50 bits per heavy atom. The van der Waals surface area contributed by atoms with Gasteiger partial charge in [0.2, 0.25) is 5.95 Å². The van der Waals surface area contributed by atoms with Gasteiger partial charge in [-0.1, -0.05) is 12.1 Å². The first kappa shape index (κ1) is 17.2. The molecule has 6 nitrogen and oxygen atoms in total. The summed E-state index contributed by atoms with van der Waals surface area (Å²) in [7, 11) is 1.71. The first-order chi connectivity index (χ1) is 12.8. The zero-order chi connectivity index (χ0) is 17.8. The molecular formula is C20H26N4O2. The van der Waals surface area contributed by atoms with Crippen molar-refractivity contribution in [2.45, 2.75) is 25.4 Å². The van der Waals surface area contributed by atoms with E-state index in [2.05, 4.69) is 31.9 Å². The fourth-order valence-electron chi connectivity index (χ4n) is 3.81. The molecule has 1 atom stereocenters. The maximum absolute atomic E-state index is 5.39. The quantitative estimate of drug-likeness (QED) is 0.823. The highest BCUT2D eigenvalue weighted by molar-refractivity contribution is 5.31. The number of ether oxygens (including phenoxy) is 2. The molecule has 3 heterocycles. The maximum atomic E-state index is 5.39. The minimum absolute atomic E-state index is 0.458. The van der Waals surface area contributed by atoms with Crippen molar-refractivity contribution < 1.29 is 9.47 Å². The molecule has 2 saturated heterocycles. The monoisotopic (exact) mass is 354 g/mol. The van der Waals surface area contributed by atoms with Crippen molar-refractivity contribution in [3.63, 3.8) is 0 Å². The summed E-state index contributed by atoms with van der Waals surface area (Å²) >= 11 is 0. The highest BCUT2D eigenvalue weighted by Crippen LogP contribution is 2.33. The molecule has 0 N–H and O–H groups in total. The van der Waals surface area contributed by atoms with Crippen LogP contribution in [0.3, 0.4) is 0 Å². The number of benzene rings is 1.